The Bertz CT molecular complexity index is 570. The summed E-state index contributed by atoms with van der Waals surface area (Å²) in [6.45, 7) is 5.10. The third-order valence-corrected chi connectivity index (χ3v) is 3.54. The van der Waals surface area contributed by atoms with Crippen LogP contribution in [0, 0.1) is 9.39 Å². The van der Waals surface area contributed by atoms with Gasteiger partial charge in [0.2, 0.25) is 5.95 Å². The number of benzene rings is 1. The summed E-state index contributed by atoms with van der Waals surface area (Å²) < 4.78 is 21.4. The maximum absolute atomic E-state index is 13.6. The van der Waals surface area contributed by atoms with E-state index >= 15 is 0 Å². The molecule has 0 bridgehead atoms. The Morgan fingerprint density at radius 2 is 2.28 bits per heavy atom. The zero-order chi connectivity index (χ0) is 13.3. The first-order valence-corrected chi connectivity index (χ1v) is 6.83. The molecule has 0 saturated heterocycles. The molecule has 1 aromatic heterocycles. The Labute approximate surface area is 118 Å². The third kappa shape index (κ3) is 2.59. The number of ether oxygens (including phenoxy) is 1. The molecule has 1 aromatic carbocycles. The quantitative estimate of drug-likeness (QED) is 0.850. The summed E-state index contributed by atoms with van der Waals surface area (Å²) in [5.74, 6) is 0.131. The first-order chi connectivity index (χ1) is 8.52. The van der Waals surface area contributed by atoms with Gasteiger partial charge in [-0.2, -0.15) is 0 Å². The lowest BCUT2D eigenvalue weighted by Gasteiger charge is -2.14. The monoisotopic (exact) mass is 363 g/mol. The number of hydrogen-bond donors (Lipinski definition) is 1. The molecule has 0 amide bonds. The minimum absolute atomic E-state index is 0.0111. The van der Waals surface area contributed by atoms with Crippen LogP contribution in [0.1, 0.15) is 13.8 Å². The van der Waals surface area contributed by atoms with Crippen LogP contribution >= 0.6 is 22.6 Å². The second-order valence-corrected chi connectivity index (χ2v) is 5.26. The SMILES string of the molecule is CCOC(C)Cn1c(N)nc2cc(I)c(F)cc21. The smallest absolute Gasteiger partial charge is 0.201 e. The van der Waals surface area contributed by atoms with Crippen molar-refractivity contribution < 1.29 is 9.13 Å². The van der Waals surface area contributed by atoms with E-state index in [1.807, 2.05) is 36.4 Å². The van der Waals surface area contributed by atoms with Crippen molar-refractivity contribution in [2.24, 2.45) is 0 Å². The van der Waals surface area contributed by atoms with Gasteiger partial charge in [0.15, 0.2) is 0 Å². The molecule has 2 aromatic rings. The van der Waals surface area contributed by atoms with Gasteiger partial charge in [-0.1, -0.05) is 0 Å². The molecular formula is C12H15FIN3O. The second-order valence-electron chi connectivity index (χ2n) is 4.10. The number of nitrogen functional groups attached to an aromatic ring is 1. The van der Waals surface area contributed by atoms with E-state index in [-0.39, 0.29) is 11.9 Å². The van der Waals surface area contributed by atoms with E-state index in [1.54, 1.807) is 10.6 Å². The number of fused-ring (bicyclic) bond motifs is 1. The van der Waals surface area contributed by atoms with Gasteiger partial charge in [0.05, 0.1) is 27.3 Å². The summed E-state index contributed by atoms with van der Waals surface area (Å²) >= 11 is 1.94. The first-order valence-electron chi connectivity index (χ1n) is 5.75. The molecule has 0 aliphatic carbocycles. The van der Waals surface area contributed by atoms with E-state index in [4.69, 9.17) is 10.5 Å². The van der Waals surface area contributed by atoms with Crippen molar-refractivity contribution in [3.8, 4) is 0 Å². The molecule has 1 heterocycles. The van der Waals surface area contributed by atoms with Crippen molar-refractivity contribution >= 4 is 39.6 Å². The fraction of sp³-hybridized carbons (Fsp3) is 0.417. The minimum Gasteiger partial charge on any atom is -0.377 e. The van der Waals surface area contributed by atoms with Gasteiger partial charge in [-0.3, -0.25) is 0 Å². The van der Waals surface area contributed by atoms with Gasteiger partial charge in [0, 0.05) is 12.7 Å². The highest BCUT2D eigenvalue weighted by Gasteiger charge is 2.13. The Morgan fingerprint density at radius 3 is 2.94 bits per heavy atom. The fourth-order valence-corrected chi connectivity index (χ4v) is 2.38. The van der Waals surface area contributed by atoms with Gasteiger partial charge in [-0.15, -0.1) is 0 Å². The maximum Gasteiger partial charge on any atom is 0.201 e. The van der Waals surface area contributed by atoms with E-state index < -0.39 is 0 Å². The molecule has 1 atom stereocenters. The molecule has 98 valence electrons. The Kier molecular flexibility index (Phi) is 4.06. The van der Waals surface area contributed by atoms with Gasteiger partial charge in [0.1, 0.15) is 5.82 Å². The molecule has 0 spiro atoms. The predicted molar refractivity (Wildman–Crippen MR) is 77.9 cm³/mol. The lowest BCUT2D eigenvalue weighted by atomic mass is 10.3. The Morgan fingerprint density at radius 1 is 1.56 bits per heavy atom. The standard InChI is InChI=1S/C12H15FIN3O/c1-3-18-7(2)6-17-11-4-8(13)9(14)5-10(11)16-12(17)15/h4-5,7H,3,6H2,1-2H3,(H2,15,16). The zero-order valence-electron chi connectivity index (χ0n) is 10.3. The number of halogens is 2. The number of nitrogens with zero attached hydrogens (tertiary/aromatic N) is 2. The highest BCUT2D eigenvalue weighted by atomic mass is 127. The minimum atomic E-state index is -0.256. The number of hydrogen-bond acceptors (Lipinski definition) is 3. The van der Waals surface area contributed by atoms with Crippen LogP contribution in [0.15, 0.2) is 12.1 Å². The van der Waals surface area contributed by atoms with Crippen LogP contribution in [-0.2, 0) is 11.3 Å². The summed E-state index contributed by atoms with van der Waals surface area (Å²) in [6.07, 6.45) is 0.0111. The molecule has 0 fully saturated rings. The Balaban J connectivity index is 2.43. The average Bonchev–Trinajstić information content (AvgIpc) is 2.57. The van der Waals surface area contributed by atoms with Crippen molar-refractivity contribution in [1.82, 2.24) is 9.55 Å². The molecule has 4 nitrogen and oxygen atoms in total. The highest BCUT2D eigenvalue weighted by molar-refractivity contribution is 14.1. The third-order valence-electron chi connectivity index (χ3n) is 2.71. The van der Waals surface area contributed by atoms with Crippen molar-refractivity contribution in [3.63, 3.8) is 0 Å². The summed E-state index contributed by atoms with van der Waals surface area (Å²) in [5, 5.41) is 0. The molecular weight excluding hydrogens is 348 g/mol. The molecule has 0 aliphatic heterocycles. The molecule has 2 rings (SSSR count). The van der Waals surface area contributed by atoms with E-state index in [1.165, 1.54) is 6.07 Å². The summed E-state index contributed by atoms with van der Waals surface area (Å²) in [5.41, 5.74) is 7.29. The number of anilines is 1. The van der Waals surface area contributed by atoms with Crippen molar-refractivity contribution in [2.75, 3.05) is 12.3 Å². The van der Waals surface area contributed by atoms with Crippen LogP contribution in [0.5, 0.6) is 0 Å². The van der Waals surface area contributed by atoms with Crippen LogP contribution in [-0.4, -0.2) is 22.3 Å². The van der Waals surface area contributed by atoms with Gasteiger partial charge in [-0.25, -0.2) is 9.37 Å². The van der Waals surface area contributed by atoms with Crippen LogP contribution in [0.3, 0.4) is 0 Å². The summed E-state index contributed by atoms with van der Waals surface area (Å²) in [4.78, 5) is 4.24. The molecule has 0 radical (unpaired) electrons. The molecule has 6 heteroatoms. The van der Waals surface area contributed by atoms with Crippen LogP contribution < -0.4 is 5.73 Å². The lowest BCUT2D eigenvalue weighted by Crippen LogP contribution is -2.17. The van der Waals surface area contributed by atoms with Crippen LogP contribution in [0.2, 0.25) is 0 Å². The Hall–Kier alpha value is -0.890. The van der Waals surface area contributed by atoms with Crippen molar-refractivity contribution in [2.45, 2.75) is 26.5 Å². The van der Waals surface area contributed by atoms with Gasteiger partial charge in [0.25, 0.3) is 0 Å². The fourth-order valence-electron chi connectivity index (χ4n) is 1.92. The predicted octanol–water partition coefficient (Wildman–Crippen LogP) is 2.79. The largest absolute Gasteiger partial charge is 0.377 e. The van der Waals surface area contributed by atoms with Gasteiger partial charge >= 0.3 is 0 Å². The zero-order valence-corrected chi connectivity index (χ0v) is 12.4. The first kappa shape index (κ1) is 13.5. The molecule has 0 saturated carbocycles. The number of rotatable bonds is 4. The van der Waals surface area contributed by atoms with Crippen molar-refractivity contribution in [1.29, 1.82) is 0 Å². The summed E-state index contributed by atoms with van der Waals surface area (Å²) in [7, 11) is 0. The number of aromatic nitrogens is 2. The molecule has 2 N–H and O–H groups in total. The van der Waals surface area contributed by atoms with E-state index in [2.05, 4.69) is 4.98 Å². The van der Waals surface area contributed by atoms with Gasteiger partial charge < -0.3 is 15.0 Å². The van der Waals surface area contributed by atoms with Gasteiger partial charge in [-0.05, 0) is 42.5 Å². The second kappa shape index (κ2) is 5.40. The highest BCUT2D eigenvalue weighted by Crippen LogP contribution is 2.23. The normalized spacial score (nSPS) is 13.1. The van der Waals surface area contributed by atoms with Crippen LogP contribution in [0.4, 0.5) is 10.3 Å². The van der Waals surface area contributed by atoms with Crippen LogP contribution in [0.25, 0.3) is 11.0 Å². The lowest BCUT2D eigenvalue weighted by molar-refractivity contribution is 0.0652. The van der Waals surface area contributed by atoms with Crippen molar-refractivity contribution in [3.05, 3.63) is 21.5 Å². The maximum atomic E-state index is 13.6. The molecule has 1 unspecified atom stereocenters. The topological polar surface area (TPSA) is 53.1 Å². The number of imidazole rings is 1. The van der Waals surface area contributed by atoms with E-state index in [0.29, 0.717) is 33.7 Å². The number of nitrogens with two attached hydrogens (primary N) is 1. The molecule has 18 heavy (non-hydrogen) atoms. The molecule has 0 aliphatic rings. The van der Waals surface area contributed by atoms with E-state index in [9.17, 15) is 4.39 Å². The average molecular weight is 363 g/mol. The summed E-state index contributed by atoms with van der Waals surface area (Å²) in [6, 6.07) is 3.17. The van der Waals surface area contributed by atoms with E-state index in [0.717, 1.165) is 0 Å².